The van der Waals surface area contributed by atoms with Gasteiger partial charge >= 0.3 is 11.9 Å². The molecule has 0 aliphatic carbocycles. The second-order valence-electron chi connectivity index (χ2n) is 4.68. The summed E-state index contributed by atoms with van der Waals surface area (Å²) in [7, 11) is 1.24. The molecule has 2 aromatic rings. The molecule has 0 aliphatic rings. The Hall–Kier alpha value is -3.10. The van der Waals surface area contributed by atoms with Crippen molar-refractivity contribution in [2.45, 2.75) is 6.18 Å². The molecule has 0 atom stereocenters. The monoisotopic (exact) mass is 340 g/mol. The molecule has 0 fully saturated rings. The third-order valence-corrected chi connectivity index (χ3v) is 3.09. The number of nitro benzene ring substituents is 1. The lowest BCUT2D eigenvalue weighted by Crippen LogP contribution is -2.13. The predicted molar refractivity (Wildman–Crippen MR) is 79.0 cm³/mol. The molecule has 0 radical (unpaired) electrons. The van der Waals surface area contributed by atoms with E-state index < -0.39 is 28.3 Å². The minimum atomic E-state index is -4.54. The fourth-order valence-corrected chi connectivity index (χ4v) is 1.95. The van der Waals surface area contributed by atoms with Crippen LogP contribution in [0.4, 0.5) is 24.5 Å². The van der Waals surface area contributed by atoms with Gasteiger partial charge in [-0.1, -0.05) is 6.07 Å². The highest BCUT2D eigenvalue weighted by Gasteiger charge is 2.30. The van der Waals surface area contributed by atoms with E-state index in [1.807, 2.05) is 0 Å². The Bertz CT molecular complexity index is 791. The van der Waals surface area contributed by atoms with E-state index >= 15 is 0 Å². The van der Waals surface area contributed by atoms with Crippen molar-refractivity contribution in [2.24, 2.45) is 0 Å². The van der Waals surface area contributed by atoms with Gasteiger partial charge in [0.1, 0.15) is 0 Å². The molecule has 0 bridgehead atoms. The van der Waals surface area contributed by atoms with Crippen LogP contribution in [-0.2, 0) is 6.18 Å². The molecule has 9 heteroatoms. The van der Waals surface area contributed by atoms with E-state index in [9.17, 15) is 28.1 Å². The van der Waals surface area contributed by atoms with Crippen LogP contribution in [0, 0.1) is 10.1 Å². The fourth-order valence-electron chi connectivity index (χ4n) is 1.95. The number of anilines is 1. The Kier molecular flexibility index (Phi) is 4.72. The van der Waals surface area contributed by atoms with E-state index in [0.717, 1.165) is 24.3 Å². The number of hydrogen-bond donors (Lipinski definition) is 1. The number of nitro groups is 1. The lowest BCUT2D eigenvalue weighted by Gasteiger charge is -2.10. The highest BCUT2D eigenvalue weighted by atomic mass is 19.4. The minimum Gasteiger partial charge on any atom is -0.490 e. The molecular weight excluding hydrogens is 329 g/mol. The maximum absolute atomic E-state index is 12.7. The quantitative estimate of drug-likeness (QED) is 0.676. The van der Waals surface area contributed by atoms with Crippen LogP contribution in [0.2, 0.25) is 0 Å². The van der Waals surface area contributed by atoms with Gasteiger partial charge in [-0.25, -0.2) is 0 Å². The lowest BCUT2D eigenvalue weighted by atomic mass is 10.1. The van der Waals surface area contributed by atoms with E-state index in [4.69, 9.17) is 4.74 Å². The molecule has 0 aliphatic heterocycles. The molecule has 6 nitrogen and oxygen atoms in total. The molecular formula is C15H11F3N2O4. The number of hydrogen-bond acceptors (Lipinski definition) is 4. The van der Waals surface area contributed by atoms with E-state index in [1.165, 1.54) is 25.3 Å². The third-order valence-electron chi connectivity index (χ3n) is 3.09. The number of nitrogens with one attached hydrogen (secondary N) is 1. The highest BCUT2D eigenvalue weighted by Crippen LogP contribution is 2.31. The molecule has 1 N–H and O–H groups in total. The van der Waals surface area contributed by atoms with Gasteiger partial charge in [0.05, 0.1) is 17.6 Å². The van der Waals surface area contributed by atoms with Crippen LogP contribution in [0.25, 0.3) is 0 Å². The molecule has 0 saturated carbocycles. The number of halogens is 3. The third kappa shape index (κ3) is 3.80. The van der Waals surface area contributed by atoms with E-state index in [-0.39, 0.29) is 17.0 Å². The van der Waals surface area contributed by atoms with E-state index in [0.29, 0.717) is 0 Å². The van der Waals surface area contributed by atoms with Gasteiger partial charge in [-0.15, -0.1) is 0 Å². The average Bonchev–Trinajstić information content (AvgIpc) is 2.53. The standard InChI is InChI=1S/C15H11F3N2O4/c1-24-13-6-5-9(7-12(13)20(22)23)14(21)19-11-4-2-3-10(8-11)15(16,17)18/h2-8H,1H3,(H,19,21). The Morgan fingerprint density at radius 1 is 1.21 bits per heavy atom. The average molecular weight is 340 g/mol. The Labute approximate surface area is 134 Å². The van der Waals surface area contributed by atoms with Gasteiger partial charge < -0.3 is 10.1 Å². The fraction of sp³-hybridized carbons (Fsp3) is 0.133. The van der Waals surface area contributed by atoms with Crippen LogP contribution < -0.4 is 10.1 Å². The van der Waals surface area contributed by atoms with Crippen LogP contribution in [-0.4, -0.2) is 17.9 Å². The van der Waals surface area contributed by atoms with Crippen LogP contribution in [0.5, 0.6) is 5.75 Å². The second-order valence-corrected chi connectivity index (χ2v) is 4.68. The molecule has 0 unspecified atom stereocenters. The summed E-state index contributed by atoms with van der Waals surface area (Å²) >= 11 is 0. The summed E-state index contributed by atoms with van der Waals surface area (Å²) in [4.78, 5) is 22.3. The summed E-state index contributed by atoms with van der Waals surface area (Å²) in [6, 6.07) is 7.57. The summed E-state index contributed by atoms with van der Waals surface area (Å²) in [6.45, 7) is 0. The zero-order valence-corrected chi connectivity index (χ0v) is 12.3. The van der Waals surface area contributed by atoms with Crippen LogP contribution in [0.15, 0.2) is 42.5 Å². The van der Waals surface area contributed by atoms with Crippen molar-refractivity contribution < 1.29 is 27.6 Å². The summed E-state index contributed by atoms with van der Waals surface area (Å²) in [5, 5.41) is 13.2. The maximum Gasteiger partial charge on any atom is 0.416 e. The number of alkyl halides is 3. The number of rotatable bonds is 4. The molecule has 2 aromatic carbocycles. The van der Waals surface area contributed by atoms with Crippen molar-refractivity contribution >= 4 is 17.3 Å². The first kappa shape index (κ1) is 17.3. The summed E-state index contributed by atoms with van der Waals surface area (Å²) in [5.41, 5.74) is -1.50. The summed E-state index contributed by atoms with van der Waals surface area (Å²) in [5.74, 6) is -0.810. The topological polar surface area (TPSA) is 81.5 Å². The number of carbonyl (C=O) groups is 1. The first-order valence-electron chi connectivity index (χ1n) is 6.53. The molecule has 1 amide bonds. The van der Waals surface area contributed by atoms with Gasteiger partial charge in [-0.2, -0.15) is 13.2 Å². The molecule has 0 aromatic heterocycles. The molecule has 0 spiro atoms. The van der Waals surface area contributed by atoms with Gasteiger partial charge in [0.15, 0.2) is 5.75 Å². The number of methoxy groups -OCH3 is 1. The smallest absolute Gasteiger partial charge is 0.416 e. The Balaban J connectivity index is 2.27. The summed E-state index contributed by atoms with van der Waals surface area (Å²) < 4.78 is 42.8. The second kappa shape index (κ2) is 6.57. The van der Waals surface area contributed by atoms with E-state index in [2.05, 4.69) is 5.32 Å². The Morgan fingerprint density at radius 2 is 1.92 bits per heavy atom. The molecule has 0 saturated heterocycles. The zero-order valence-electron chi connectivity index (χ0n) is 12.3. The van der Waals surface area contributed by atoms with Gasteiger partial charge in [0.25, 0.3) is 5.91 Å². The van der Waals surface area contributed by atoms with Crippen LogP contribution >= 0.6 is 0 Å². The normalized spacial score (nSPS) is 11.0. The van der Waals surface area contributed by atoms with Crippen LogP contribution in [0.3, 0.4) is 0 Å². The molecule has 126 valence electrons. The van der Waals surface area contributed by atoms with Gasteiger partial charge in [0.2, 0.25) is 0 Å². The van der Waals surface area contributed by atoms with Gasteiger partial charge in [-0.05, 0) is 30.3 Å². The van der Waals surface area contributed by atoms with Crippen molar-refractivity contribution in [3.63, 3.8) is 0 Å². The largest absolute Gasteiger partial charge is 0.490 e. The van der Waals surface area contributed by atoms with Gasteiger partial charge in [-0.3, -0.25) is 14.9 Å². The van der Waals surface area contributed by atoms with Crippen molar-refractivity contribution in [2.75, 3.05) is 12.4 Å². The first-order chi connectivity index (χ1) is 11.2. The predicted octanol–water partition coefficient (Wildman–Crippen LogP) is 3.87. The maximum atomic E-state index is 12.7. The Morgan fingerprint density at radius 3 is 2.50 bits per heavy atom. The van der Waals surface area contributed by atoms with Gasteiger partial charge in [0, 0.05) is 17.3 Å². The first-order valence-corrected chi connectivity index (χ1v) is 6.53. The molecule has 24 heavy (non-hydrogen) atoms. The van der Waals surface area contributed by atoms with Crippen molar-refractivity contribution in [3.05, 3.63) is 63.7 Å². The summed E-state index contributed by atoms with van der Waals surface area (Å²) in [6.07, 6.45) is -4.54. The van der Waals surface area contributed by atoms with E-state index in [1.54, 1.807) is 0 Å². The van der Waals surface area contributed by atoms with Crippen molar-refractivity contribution in [1.29, 1.82) is 0 Å². The number of carbonyl (C=O) groups excluding carboxylic acids is 1. The SMILES string of the molecule is COc1ccc(C(=O)Nc2cccc(C(F)(F)F)c2)cc1[N+](=O)[O-]. The van der Waals surface area contributed by atoms with Crippen molar-refractivity contribution in [3.8, 4) is 5.75 Å². The van der Waals surface area contributed by atoms with Crippen molar-refractivity contribution in [1.82, 2.24) is 0 Å². The lowest BCUT2D eigenvalue weighted by molar-refractivity contribution is -0.385. The number of ether oxygens (including phenoxy) is 1. The molecule has 0 heterocycles. The minimum absolute atomic E-state index is 0.0318. The number of amides is 1. The molecule has 2 rings (SSSR count). The zero-order chi connectivity index (χ0) is 17.9. The van der Waals surface area contributed by atoms with Crippen LogP contribution in [0.1, 0.15) is 15.9 Å². The number of nitrogens with zero attached hydrogens (tertiary/aromatic N) is 1. The highest BCUT2D eigenvalue weighted by molar-refractivity contribution is 6.04. The number of benzene rings is 2.